The first-order chi connectivity index (χ1) is 9.97. The quantitative estimate of drug-likeness (QED) is 0.446. The van der Waals surface area contributed by atoms with Gasteiger partial charge in [0.25, 0.3) is 0 Å². The van der Waals surface area contributed by atoms with Crippen LogP contribution in [0.3, 0.4) is 0 Å². The third kappa shape index (κ3) is 21.3. The molecule has 0 saturated heterocycles. The van der Waals surface area contributed by atoms with Crippen molar-refractivity contribution in [3.05, 3.63) is 0 Å². The Balaban J connectivity index is 0. The largest absolute Gasteiger partial charge is 0.355 e. The molecule has 21 heavy (non-hydrogen) atoms. The lowest BCUT2D eigenvalue weighted by Gasteiger charge is -2.07. The van der Waals surface area contributed by atoms with E-state index in [2.05, 4.69) is 31.4 Å². The summed E-state index contributed by atoms with van der Waals surface area (Å²) in [6, 6.07) is 0. The molecule has 6 heteroatoms. The van der Waals surface area contributed by atoms with Crippen LogP contribution >= 0.6 is 0 Å². The number of nitrogens with two attached hydrogens (primary N) is 2. The lowest BCUT2D eigenvalue weighted by atomic mass is 10.1. The summed E-state index contributed by atoms with van der Waals surface area (Å²) in [6.07, 6.45) is 4.66. The molecule has 2 amide bonds. The van der Waals surface area contributed by atoms with Crippen LogP contribution < -0.4 is 22.1 Å². The maximum Gasteiger partial charge on any atom is 0.239 e. The number of unbranched alkanes of at least 4 members (excludes halogenated alkanes) is 1. The molecule has 0 aliphatic heterocycles. The van der Waals surface area contributed by atoms with Gasteiger partial charge in [0.15, 0.2) is 0 Å². The summed E-state index contributed by atoms with van der Waals surface area (Å²) in [5, 5.41) is 5.28. The highest BCUT2D eigenvalue weighted by atomic mass is 16.2. The summed E-state index contributed by atoms with van der Waals surface area (Å²) in [4.78, 5) is 22.3. The number of hydrogen-bond acceptors (Lipinski definition) is 4. The van der Waals surface area contributed by atoms with E-state index in [1.165, 1.54) is 6.42 Å². The average molecular weight is 302 g/mol. The fraction of sp³-hybridized carbons (Fsp3) is 0.867. The van der Waals surface area contributed by atoms with Gasteiger partial charge in [0.05, 0.1) is 6.54 Å². The minimum absolute atomic E-state index is 0.0447. The summed E-state index contributed by atoms with van der Waals surface area (Å²) in [6.45, 7) is 8.28. The van der Waals surface area contributed by atoms with E-state index in [-0.39, 0.29) is 24.8 Å². The number of carbonyl (C=O) groups is 2. The number of amides is 2. The Bertz CT molecular complexity index is 256. The van der Waals surface area contributed by atoms with Crippen LogP contribution in [0.25, 0.3) is 0 Å². The Morgan fingerprint density at radius 2 is 1.62 bits per heavy atom. The molecule has 6 nitrogen and oxygen atoms in total. The van der Waals surface area contributed by atoms with E-state index in [1.807, 2.05) is 0 Å². The zero-order chi connectivity index (χ0) is 16.5. The lowest BCUT2D eigenvalue weighted by Crippen LogP contribution is -2.37. The van der Waals surface area contributed by atoms with Gasteiger partial charge in [-0.05, 0) is 25.3 Å². The second-order valence-electron chi connectivity index (χ2n) is 5.34. The van der Waals surface area contributed by atoms with Gasteiger partial charge in [-0.25, -0.2) is 0 Å². The van der Waals surface area contributed by atoms with Gasteiger partial charge in [-0.3, -0.25) is 9.59 Å². The molecule has 0 aromatic carbocycles. The minimum atomic E-state index is -0.178. The van der Waals surface area contributed by atoms with Crippen molar-refractivity contribution in [2.75, 3.05) is 26.2 Å². The highest BCUT2D eigenvalue weighted by molar-refractivity contribution is 5.84. The molecule has 0 rings (SSSR count). The number of hydrogen-bond donors (Lipinski definition) is 4. The Kier molecular flexibility index (Phi) is 17.8. The molecule has 0 aliphatic carbocycles. The van der Waals surface area contributed by atoms with Crippen molar-refractivity contribution in [2.24, 2.45) is 17.4 Å². The van der Waals surface area contributed by atoms with E-state index in [1.54, 1.807) is 0 Å². The summed E-state index contributed by atoms with van der Waals surface area (Å²) in [7, 11) is 0. The zero-order valence-corrected chi connectivity index (χ0v) is 13.9. The predicted octanol–water partition coefficient (Wildman–Crippen LogP) is 0.749. The van der Waals surface area contributed by atoms with Crippen LogP contribution in [0.15, 0.2) is 0 Å². The Morgan fingerprint density at radius 1 is 1.00 bits per heavy atom. The summed E-state index contributed by atoms with van der Waals surface area (Å²) < 4.78 is 0. The van der Waals surface area contributed by atoms with E-state index in [0.717, 1.165) is 25.8 Å². The van der Waals surface area contributed by atoms with Crippen molar-refractivity contribution >= 4 is 11.8 Å². The van der Waals surface area contributed by atoms with Crippen molar-refractivity contribution in [2.45, 2.75) is 52.9 Å². The van der Waals surface area contributed by atoms with Gasteiger partial charge >= 0.3 is 0 Å². The topological polar surface area (TPSA) is 110 Å². The summed E-state index contributed by atoms with van der Waals surface area (Å²) in [5.41, 5.74) is 10.2. The first-order valence-corrected chi connectivity index (χ1v) is 7.91. The van der Waals surface area contributed by atoms with Crippen LogP contribution in [0, 0.1) is 5.92 Å². The highest BCUT2D eigenvalue weighted by Gasteiger charge is 2.03. The van der Waals surface area contributed by atoms with Gasteiger partial charge in [-0.15, -0.1) is 0 Å². The third-order valence-electron chi connectivity index (χ3n) is 2.64. The van der Waals surface area contributed by atoms with Gasteiger partial charge in [0.1, 0.15) is 0 Å². The first kappa shape index (κ1) is 22.1. The third-order valence-corrected chi connectivity index (χ3v) is 2.64. The maximum atomic E-state index is 11.3. The molecule has 0 aromatic rings. The van der Waals surface area contributed by atoms with Gasteiger partial charge in [0.2, 0.25) is 11.8 Å². The average Bonchev–Trinajstić information content (AvgIpc) is 2.45. The minimum Gasteiger partial charge on any atom is -0.355 e. The van der Waals surface area contributed by atoms with Crippen molar-refractivity contribution in [3.8, 4) is 0 Å². The monoisotopic (exact) mass is 302 g/mol. The van der Waals surface area contributed by atoms with Crippen LogP contribution in [-0.2, 0) is 9.59 Å². The first-order valence-electron chi connectivity index (χ1n) is 7.91. The van der Waals surface area contributed by atoms with Crippen LogP contribution in [0.4, 0.5) is 0 Å². The zero-order valence-electron chi connectivity index (χ0n) is 13.9. The summed E-state index contributed by atoms with van der Waals surface area (Å²) >= 11 is 0. The van der Waals surface area contributed by atoms with E-state index in [4.69, 9.17) is 11.5 Å². The Labute approximate surface area is 129 Å². The van der Waals surface area contributed by atoms with E-state index in [0.29, 0.717) is 19.0 Å². The van der Waals surface area contributed by atoms with Crippen molar-refractivity contribution in [1.29, 1.82) is 0 Å². The van der Waals surface area contributed by atoms with Crippen LogP contribution in [0.1, 0.15) is 52.9 Å². The van der Waals surface area contributed by atoms with Gasteiger partial charge in [-0.1, -0.05) is 33.6 Å². The number of carbonyl (C=O) groups excluding carboxylic acids is 2. The highest BCUT2D eigenvalue weighted by Crippen LogP contribution is 2.04. The molecule has 0 fully saturated rings. The molecule has 0 heterocycles. The molecule has 0 aliphatic rings. The van der Waals surface area contributed by atoms with Crippen LogP contribution in [0.2, 0.25) is 0 Å². The van der Waals surface area contributed by atoms with Gasteiger partial charge in [-0.2, -0.15) is 0 Å². The fourth-order valence-electron chi connectivity index (χ4n) is 1.37. The van der Waals surface area contributed by atoms with Crippen LogP contribution in [-0.4, -0.2) is 38.0 Å². The smallest absolute Gasteiger partial charge is 0.239 e. The molecule has 0 spiro atoms. The standard InChI is InChI=1S/C12H25N3O2.C3H9N/c1-10(2)5-3-4-8-14-12(17)9-15-11(16)6-7-13;1-2-3-4/h10H,3-9,13H2,1-2H3,(H,14,17)(H,15,16);2-4H2,1H3. The van der Waals surface area contributed by atoms with Gasteiger partial charge in [0, 0.05) is 19.5 Å². The van der Waals surface area contributed by atoms with Crippen LogP contribution in [0.5, 0.6) is 0 Å². The predicted molar refractivity (Wildman–Crippen MR) is 87.7 cm³/mol. The normalized spacial score (nSPS) is 9.81. The molecular formula is C15H34N4O2. The van der Waals surface area contributed by atoms with Gasteiger partial charge < -0.3 is 22.1 Å². The van der Waals surface area contributed by atoms with E-state index >= 15 is 0 Å². The second kappa shape index (κ2) is 16.9. The summed E-state index contributed by atoms with van der Waals surface area (Å²) in [5.74, 6) is 0.392. The number of nitrogens with one attached hydrogen (secondary N) is 2. The Morgan fingerprint density at radius 3 is 2.10 bits per heavy atom. The molecule has 0 radical (unpaired) electrons. The SMILES string of the molecule is CC(C)CCCCNC(=O)CNC(=O)CCN.CCCN. The number of rotatable bonds is 10. The maximum absolute atomic E-state index is 11.3. The van der Waals surface area contributed by atoms with E-state index < -0.39 is 0 Å². The van der Waals surface area contributed by atoms with Crippen molar-refractivity contribution in [3.63, 3.8) is 0 Å². The second-order valence-corrected chi connectivity index (χ2v) is 5.34. The molecule has 6 N–H and O–H groups in total. The molecule has 0 saturated carbocycles. The van der Waals surface area contributed by atoms with Crippen molar-refractivity contribution < 1.29 is 9.59 Å². The lowest BCUT2D eigenvalue weighted by molar-refractivity contribution is -0.126. The molecule has 126 valence electrons. The van der Waals surface area contributed by atoms with Crippen molar-refractivity contribution in [1.82, 2.24) is 10.6 Å². The fourth-order valence-corrected chi connectivity index (χ4v) is 1.37. The molecule has 0 aromatic heterocycles. The molecule has 0 unspecified atom stereocenters. The molecule has 0 atom stereocenters. The van der Waals surface area contributed by atoms with E-state index in [9.17, 15) is 9.59 Å². The molecule has 0 bridgehead atoms. The molecular weight excluding hydrogens is 268 g/mol. The Hall–Kier alpha value is -1.14.